The summed E-state index contributed by atoms with van der Waals surface area (Å²) in [6, 6.07) is 4.59. The third-order valence-corrected chi connectivity index (χ3v) is 3.80. The fourth-order valence-corrected chi connectivity index (χ4v) is 2.62. The van der Waals surface area contributed by atoms with E-state index >= 15 is 0 Å². The number of hydrogen-bond donors (Lipinski definition) is 1. The van der Waals surface area contributed by atoms with Gasteiger partial charge in [0.15, 0.2) is 0 Å². The third kappa shape index (κ3) is 3.58. The van der Waals surface area contributed by atoms with Crippen LogP contribution in [-0.4, -0.2) is 27.5 Å². The van der Waals surface area contributed by atoms with Crippen LogP contribution < -0.4 is 10.9 Å². The molecule has 2 rings (SSSR count). The van der Waals surface area contributed by atoms with Crippen LogP contribution in [0.3, 0.4) is 0 Å². The third-order valence-electron chi connectivity index (χ3n) is 2.58. The molecule has 0 atom stereocenters. The lowest BCUT2D eigenvalue weighted by atomic mass is 10.4. The standard InChI is InChI=1S/C12H13ClN4O2S/c1-16(6-8-3-4-9(13)20-8)12(19)15-10-5-11(18)17(2)7-14-10/h3-5,7H,6H2,1-2H3,(H,15,19). The summed E-state index contributed by atoms with van der Waals surface area (Å²) in [4.78, 5) is 29.8. The Hall–Kier alpha value is -1.86. The zero-order valence-electron chi connectivity index (χ0n) is 11.0. The summed E-state index contributed by atoms with van der Waals surface area (Å²) >= 11 is 7.26. The number of nitrogens with one attached hydrogen (secondary N) is 1. The normalized spacial score (nSPS) is 10.3. The van der Waals surface area contributed by atoms with Gasteiger partial charge in [0.1, 0.15) is 5.82 Å². The molecule has 0 bridgehead atoms. The molecule has 0 aromatic carbocycles. The maximum Gasteiger partial charge on any atom is 0.323 e. The fourth-order valence-electron chi connectivity index (χ4n) is 1.48. The molecule has 8 heteroatoms. The van der Waals surface area contributed by atoms with Crippen molar-refractivity contribution in [2.24, 2.45) is 7.05 Å². The van der Waals surface area contributed by atoms with Crippen molar-refractivity contribution in [3.63, 3.8) is 0 Å². The van der Waals surface area contributed by atoms with Crippen LogP contribution in [0.15, 0.2) is 29.3 Å². The summed E-state index contributed by atoms with van der Waals surface area (Å²) < 4.78 is 2.01. The molecule has 1 N–H and O–H groups in total. The van der Waals surface area contributed by atoms with Gasteiger partial charge in [-0.1, -0.05) is 11.6 Å². The Bertz CT molecular complexity index is 682. The average Bonchev–Trinajstić information content (AvgIpc) is 2.79. The Morgan fingerprint density at radius 1 is 1.55 bits per heavy atom. The van der Waals surface area contributed by atoms with Crippen molar-refractivity contribution < 1.29 is 4.79 Å². The lowest BCUT2D eigenvalue weighted by Gasteiger charge is -2.16. The molecule has 2 aromatic heterocycles. The van der Waals surface area contributed by atoms with Crippen LogP contribution in [-0.2, 0) is 13.6 Å². The number of urea groups is 1. The number of nitrogens with zero attached hydrogens (tertiary/aromatic N) is 3. The molecule has 0 saturated carbocycles. The van der Waals surface area contributed by atoms with E-state index in [9.17, 15) is 9.59 Å². The van der Waals surface area contributed by atoms with Gasteiger partial charge in [-0.3, -0.25) is 10.1 Å². The van der Waals surface area contributed by atoms with Gasteiger partial charge in [0.2, 0.25) is 0 Å². The van der Waals surface area contributed by atoms with Gasteiger partial charge in [-0.05, 0) is 12.1 Å². The summed E-state index contributed by atoms with van der Waals surface area (Å²) in [5, 5.41) is 2.57. The number of carbonyl (C=O) groups is 1. The van der Waals surface area contributed by atoms with Crippen LogP contribution in [0.2, 0.25) is 4.34 Å². The van der Waals surface area contributed by atoms with E-state index in [1.54, 1.807) is 20.2 Å². The maximum absolute atomic E-state index is 12.0. The highest BCUT2D eigenvalue weighted by atomic mass is 35.5. The smallest absolute Gasteiger partial charge is 0.322 e. The number of anilines is 1. The molecule has 106 valence electrons. The Balaban J connectivity index is 2.00. The van der Waals surface area contributed by atoms with E-state index in [1.807, 2.05) is 6.07 Å². The number of amides is 2. The second kappa shape index (κ2) is 6.06. The largest absolute Gasteiger partial charge is 0.323 e. The molecule has 0 saturated heterocycles. The highest BCUT2D eigenvalue weighted by molar-refractivity contribution is 7.16. The number of hydrogen-bond acceptors (Lipinski definition) is 4. The van der Waals surface area contributed by atoms with Gasteiger partial charge in [0.25, 0.3) is 5.56 Å². The molecule has 2 aromatic rings. The quantitative estimate of drug-likeness (QED) is 0.944. The lowest BCUT2D eigenvalue weighted by Crippen LogP contribution is -2.31. The van der Waals surface area contributed by atoms with Crippen LogP contribution >= 0.6 is 22.9 Å². The van der Waals surface area contributed by atoms with Crippen molar-refractivity contribution in [1.29, 1.82) is 0 Å². The van der Waals surface area contributed by atoms with E-state index < -0.39 is 0 Å². The van der Waals surface area contributed by atoms with Crippen molar-refractivity contribution >= 4 is 34.8 Å². The van der Waals surface area contributed by atoms with E-state index in [1.165, 1.54) is 33.2 Å². The van der Waals surface area contributed by atoms with Crippen LogP contribution in [0.4, 0.5) is 10.6 Å². The molecular formula is C12H13ClN4O2S. The molecule has 0 spiro atoms. The Labute approximate surface area is 124 Å². The number of thiophene rings is 1. The van der Waals surface area contributed by atoms with Gasteiger partial charge in [-0.2, -0.15) is 0 Å². The Morgan fingerprint density at radius 3 is 2.90 bits per heavy atom. The summed E-state index contributed by atoms with van der Waals surface area (Å²) in [6.45, 7) is 0.439. The summed E-state index contributed by atoms with van der Waals surface area (Å²) in [6.07, 6.45) is 1.36. The Kier molecular flexibility index (Phi) is 4.41. The molecule has 20 heavy (non-hydrogen) atoms. The van der Waals surface area contributed by atoms with Gasteiger partial charge in [0, 0.05) is 25.0 Å². The predicted molar refractivity (Wildman–Crippen MR) is 79.3 cm³/mol. The molecule has 2 amide bonds. The number of rotatable bonds is 3. The Morgan fingerprint density at radius 2 is 2.30 bits per heavy atom. The molecule has 0 aliphatic rings. The average molecular weight is 313 g/mol. The van der Waals surface area contributed by atoms with E-state index in [2.05, 4.69) is 10.3 Å². The van der Waals surface area contributed by atoms with Gasteiger partial charge < -0.3 is 9.47 Å². The number of aromatic nitrogens is 2. The van der Waals surface area contributed by atoms with E-state index in [4.69, 9.17) is 11.6 Å². The van der Waals surface area contributed by atoms with E-state index in [0.717, 1.165) is 4.88 Å². The van der Waals surface area contributed by atoms with Gasteiger partial charge in [-0.15, -0.1) is 11.3 Å². The first-order valence-electron chi connectivity index (χ1n) is 5.74. The first kappa shape index (κ1) is 14.5. The van der Waals surface area contributed by atoms with Gasteiger partial charge >= 0.3 is 6.03 Å². The minimum atomic E-state index is -0.338. The molecule has 0 unspecified atom stereocenters. The number of aryl methyl sites for hydroxylation is 1. The van der Waals surface area contributed by atoms with Crippen molar-refractivity contribution in [3.8, 4) is 0 Å². The first-order chi connectivity index (χ1) is 9.45. The van der Waals surface area contributed by atoms with E-state index in [-0.39, 0.29) is 17.4 Å². The highest BCUT2D eigenvalue weighted by Gasteiger charge is 2.11. The van der Waals surface area contributed by atoms with Crippen molar-refractivity contribution in [2.45, 2.75) is 6.54 Å². The van der Waals surface area contributed by atoms with Gasteiger partial charge in [-0.25, -0.2) is 9.78 Å². The number of carbonyl (C=O) groups excluding carboxylic acids is 1. The lowest BCUT2D eigenvalue weighted by molar-refractivity contribution is 0.221. The second-order valence-electron chi connectivity index (χ2n) is 4.22. The van der Waals surface area contributed by atoms with Crippen LogP contribution in [0.1, 0.15) is 4.88 Å². The fraction of sp³-hybridized carbons (Fsp3) is 0.250. The summed E-state index contributed by atoms with van der Waals surface area (Å²) in [5.74, 6) is 0.231. The second-order valence-corrected chi connectivity index (χ2v) is 6.01. The van der Waals surface area contributed by atoms with Gasteiger partial charge in [0.05, 0.1) is 17.2 Å². The van der Waals surface area contributed by atoms with Crippen molar-refractivity contribution in [3.05, 3.63) is 44.1 Å². The van der Waals surface area contributed by atoms with E-state index in [0.29, 0.717) is 10.9 Å². The van der Waals surface area contributed by atoms with Crippen LogP contribution in [0.5, 0.6) is 0 Å². The molecule has 0 aliphatic carbocycles. The zero-order valence-corrected chi connectivity index (χ0v) is 12.5. The summed E-state index contributed by atoms with van der Waals surface area (Å²) in [5.41, 5.74) is -0.233. The number of halogens is 1. The van der Waals surface area contributed by atoms with Crippen LogP contribution in [0, 0.1) is 0 Å². The van der Waals surface area contributed by atoms with Crippen LogP contribution in [0.25, 0.3) is 0 Å². The molecule has 0 radical (unpaired) electrons. The molecule has 2 heterocycles. The maximum atomic E-state index is 12.0. The molecule has 0 aliphatic heterocycles. The van der Waals surface area contributed by atoms with Crippen molar-refractivity contribution in [1.82, 2.24) is 14.5 Å². The predicted octanol–water partition coefficient (Wildman–Crippen LogP) is 2.16. The summed E-state index contributed by atoms with van der Waals surface area (Å²) in [7, 11) is 3.25. The highest BCUT2D eigenvalue weighted by Crippen LogP contribution is 2.22. The zero-order chi connectivity index (χ0) is 14.7. The first-order valence-corrected chi connectivity index (χ1v) is 6.94. The molecule has 6 nitrogen and oxygen atoms in total. The SMILES string of the molecule is CN(Cc1ccc(Cl)s1)C(=O)Nc1cc(=O)n(C)cn1. The van der Waals surface area contributed by atoms with Crippen molar-refractivity contribution in [2.75, 3.05) is 12.4 Å². The molecule has 0 fully saturated rings. The monoisotopic (exact) mass is 312 g/mol. The minimum absolute atomic E-state index is 0.231. The topological polar surface area (TPSA) is 67.2 Å². The molecular weight excluding hydrogens is 300 g/mol. The minimum Gasteiger partial charge on any atom is -0.322 e.